The van der Waals surface area contributed by atoms with Crippen LogP contribution in [0.2, 0.25) is 0 Å². The highest BCUT2D eigenvalue weighted by Gasteiger charge is 2.36. The average molecular weight is 203 g/mol. The molecule has 0 saturated heterocycles. The molecule has 1 rings (SSSR count). The highest BCUT2D eigenvalue weighted by atomic mass is 16.4. The van der Waals surface area contributed by atoms with Crippen LogP contribution in [0.3, 0.4) is 0 Å². The van der Waals surface area contributed by atoms with Crippen LogP contribution in [0.25, 0.3) is 0 Å². The fourth-order valence-corrected chi connectivity index (χ4v) is 1.64. The number of hydrogen-bond acceptors (Lipinski definition) is 2. The van der Waals surface area contributed by atoms with Gasteiger partial charge in [-0.05, 0) is 25.0 Å². The molecule has 1 unspecified atom stereocenters. The van der Waals surface area contributed by atoms with Crippen LogP contribution < -0.4 is 0 Å². The lowest BCUT2D eigenvalue weighted by Gasteiger charge is -2.24. The summed E-state index contributed by atoms with van der Waals surface area (Å²) in [5, 5.41) is 17.9. The number of hydrogen-bond donors (Lipinski definition) is 1. The van der Waals surface area contributed by atoms with E-state index in [9.17, 15) is 9.90 Å². The summed E-state index contributed by atoms with van der Waals surface area (Å²) in [6.45, 7) is 3.44. The lowest BCUT2D eigenvalue weighted by atomic mass is 9.78. The van der Waals surface area contributed by atoms with Crippen molar-refractivity contribution in [2.75, 3.05) is 0 Å². The van der Waals surface area contributed by atoms with E-state index in [2.05, 4.69) is 0 Å². The maximum Gasteiger partial charge on any atom is 0.314 e. The zero-order valence-electron chi connectivity index (χ0n) is 8.82. The van der Waals surface area contributed by atoms with Gasteiger partial charge in [0.25, 0.3) is 0 Å². The predicted molar refractivity (Wildman–Crippen MR) is 56.4 cm³/mol. The second kappa shape index (κ2) is 4.14. The van der Waals surface area contributed by atoms with E-state index in [-0.39, 0.29) is 6.42 Å². The van der Waals surface area contributed by atoms with Gasteiger partial charge in [-0.3, -0.25) is 4.79 Å². The summed E-state index contributed by atoms with van der Waals surface area (Å²) >= 11 is 0. The third-order valence-electron chi connectivity index (χ3n) is 2.64. The van der Waals surface area contributed by atoms with Gasteiger partial charge in [0.05, 0.1) is 12.5 Å². The summed E-state index contributed by atoms with van der Waals surface area (Å²) in [6.07, 6.45) is -0.0206. The molecule has 0 amide bonds. The van der Waals surface area contributed by atoms with Crippen molar-refractivity contribution < 1.29 is 9.90 Å². The molecule has 0 heterocycles. The van der Waals surface area contributed by atoms with Crippen molar-refractivity contribution in [1.29, 1.82) is 5.26 Å². The molecule has 1 aromatic carbocycles. The zero-order chi connectivity index (χ0) is 11.5. The van der Waals surface area contributed by atoms with Crippen LogP contribution in [0, 0.1) is 18.3 Å². The van der Waals surface area contributed by atoms with Crippen molar-refractivity contribution in [3.05, 3.63) is 35.4 Å². The molecule has 3 heteroatoms. The van der Waals surface area contributed by atoms with Crippen molar-refractivity contribution in [3.63, 3.8) is 0 Å². The molecule has 3 nitrogen and oxygen atoms in total. The SMILES string of the molecule is Cc1ccccc1C(C)(CC#N)C(=O)O. The van der Waals surface area contributed by atoms with Crippen molar-refractivity contribution in [1.82, 2.24) is 0 Å². The smallest absolute Gasteiger partial charge is 0.314 e. The predicted octanol–water partition coefficient (Wildman–Crippen LogP) is 2.25. The monoisotopic (exact) mass is 203 g/mol. The number of rotatable bonds is 3. The highest BCUT2D eigenvalue weighted by molar-refractivity contribution is 5.81. The zero-order valence-corrected chi connectivity index (χ0v) is 8.82. The molecule has 0 aromatic heterocycles. The number of aryl methyl sites for hydroxylation is 1. The Morgan fingerprint density at radius 3 is 2.60 bits per heavy atom. The van der Waals surface area contributed by atoms with E-state index in [1.165, 1.54) is 0 Å². The molecule has 1 aromatic rings. The molecule has 0 bridgehead atoms. The first-order valence-electron chi connectivity index (χ1n) is 4.69. The molecule has 1 N–H and O–H groups in total. The van der Waals surface area contributed by atoms with Crippen LogP contribution in [-0.2, 0) is 10.2 Å². The fourth-order valence-electron chi connectivity index (χ4n) is 1.64. The molecule has 0 aliphatic heterocycles. The molecular formula is C12H13NO2. The minimum Gasteiger partial charge on any atom is -0.481 e. The van der Waals surface area contributed by atoms with Gasteiger partial charge in [0.1, 0.15) is 5.41 Å². The van der Waals surface area contributed by atoms with E-state index < -0.39 is 11.4 Å². The summed E-state index contributed by atoms with van der Waals surface area (Å²) < 4.78 is 0. The van der Waals surface area contributed by atoms with Crippen LogP contribution in [0.1, 0.15) is 24.5 Å². The minimum absolute atomic E-state index is 0.0206. The topological polar surface area (TPSA) is 61.1 Å². The molecule has 0 aliphatic carbocycles. The second-order valence-corrected chi connectivity index (χ2v) is 3.79. The molecule has 0 saturated carbocycles. The Kier molecular flexibility index (Phi) is 3.11. The van der Waals surface area contributed by atoms with Crippen LogP contribution >= 0.6 is 0 Å². The molecule has 1 atom stereocenters. The van der Waals surface area contributed by atoms with E-state index >= 15 is 0 Å². The highest BCUT2D eigenvalue weighted by Crippen LogP contribution is 2.30. The lowest BCUT2D eigenvalue weighted by molar-refractivity contribution is -0.143. The van der Waals surface area contributed by atoms with Crippen LogP contribution in [0.15, 0.2) is 24.3 Å². The Morgan fingerprint density at radius 2 is 2.13 bits per heavy atom. The van der Waals surface area contributed by atoms with E-state index in [1.54, 1.807) is 19.1 Å². The number of benzene rings is 1. The average Bonchev–Trinajstić information content (AvgIpc) is 2.18. The first-order chi connectivity index (χ1) is 7.02. The van der Waals surface area contributed by atoms with Gasteiger partial charge in [0.15, 0.2) is 0 Å². The fraction of sp³-hybridized carbons (Fsp3) is 0.333. The summed E-state index contributed by atoms with van der Waals surface area (Å²) in [4.78, 5) is 11.2. The Balaban J connectivity index is 3.29. The van der Waals surface area contributed by atoms with Gasteiger partial charge in [-0.2, -0.15) is 5.26 Å². The summed E-state index contributed by atoms with van der Waals surface area (Å²) in [7, 11) is 0. The molecule has 78 valence electrons. The van der Waals surface area contributed by atoms with Gasteiger partial charge in [-0.1, -0.05) is 24.3 Å². The normalized spacial score (nSPS) is 13.9. The van der Waals surface area contributed by atoms with E-state index in [0.29, 0.717) is 5.56 Å². The molecule has 15 heavy (non-hydrogen) atoms. The lowest BCUT2D eigenvalue weighted by Crippen LogP contribution is -2.32. The van der Waals surface area contributed by atoms with Crippen molar-refractivity contribution in [2.24, 2.45) is 0 Å². The standard InChI is InChI=1S/C12H13NO2/c1-9-5-3-4-6-10(9)12(2,7-8-13)11(14)15/h3-6H,7H2,1-2H3,(H,14,15). The molecule has 0 fully saturated rings. The number of carbonyl (C=O) groups is 1. The van der Waals surface area contributed by atoms with Gasteiger partial charge >= 0.3 is 5.97 Å². The minimum atomic E-state index is -1.11. The quantitative estimate of drug-likeness (QED) is 0.819. The largest absolute Gasteiger partial charge is 0.481 e. The van der Waals surface area contributed by atoms with Gasteiger partial charge in [-0.25, -0.2) is 0 Å². The van der Waals surface area contributed by atoms with Crippen LogP contribution in [0.5, 0.6) is 0 Å². The Morgan fingerprint density at radius 1 is 1.53 bits per heavy atom. The van der Waals surface area contributed by atoms with Gasteiger partial charge in [0.2, 0.25) is 0 Å². The third kappa shape index (κ3) is 1.99. The molecule has 0 spiro atoms. The Bertz CT molecular complexity index is 420. The summed E-state index contributed by atoms with van der Waals surface area (Å²) in [5.41, 5.74) is 0.497. The van der Waals surface area contributed by atoms with Crippen molar-refractivity contribution >= 4 is 5.97 Å². The number of nitrogens with zero attached hydrogens (tertiary/aromatic N) is 1. The molecular weight excluding hydrogens is 190 g/mol. The number of carboxylic acid groups (broad SMARTS) is 1. The van der Waals surface area contributed by atoms with Crippen LogP contribution in [0.4, 0.5) is 0 Å². The maximum atomic E-state index is 11.2. The van der Waals surface area contributed by atoms with Crippen molar-refractivity contribution in [2.45, 2.75) is 25.7 Å². The van der Waals surface area contributed by atoms with E-state index in [1.807, 2.05) is 25.1 Å². The molecule has 0 radical (unpaired) electrons. The third-order valence-corrected chi connectivity index (χ3v) is 2.64. The Hall–Kier alpha value is -1.82. The van der Waals surface area contributed by atoms with Gasteiger partial charge < -0.3 is 5.11 Å². The number of aliphatic carboxylic acids is 1. The van der Waals surface area contributed by atoms with Gasteiger partial charge in [0, 0.05) is 0 Å². The first-order valence-corrected chi connectivity index (χ1v) is 4.69. The van der Waals surface area contributed by atoms with Crippen LogP contribution in [-0.4, -0.2) is 11.1 Å². The molecule has 0 aliphatic rings. The van der Waals surface area contributed by atoms with E-state index in [0.717, 1.165) is 5.56 Å². The summed E-state index contributed by atoms with van der Waals surface area (Å²) in [6, 6.07) is 9.20. The number of nitriles is 1. The first kappa shape index (κ1) is 11.3. The van der Waals surface area contributed by atoms with Crippen molar-refractivity contribution in [3.8, 4) is 6.07 Å². The van der Waals surface area contributed by atoms with Gasteiger partial charge in [-0.15, -0.1) is 0 Å². The van der Waals surface area contributed by atoms with E-state index in [4.69, 9.17) is 5.26 Å². The number of carboxylic acids is 1. The summed E-state index contributed by atoms with van der Waals surface area (Å²) in [5.74, 6) is -0.960. The Labute approximate surface area is 89.0 Å². The maximum absolute atomic E-state index is 11.2. The second-order valence-electron chi connectivity index (χ2n) is 3.79.